The quantitative estimate of drug-likeness (QED) is 0.122. The smallest absolute Gasteiger partial charge is 0.282 e. The Morgan fingerprint density at radius 1 is 1.03 bits per heavy atom. The number of para-hydroxylation sites is 1. The van der Waals surface area contributed by atoms with Crippen molar-refractivity contribution in [1.29, 1.82) is 0 Å². The van der Waals surface area contributed by atoms with Crippen molar-refractivity contribution in [3.8, 4) is 0 Å². The summed E-state index contributed by atoms with van der Waals surface area (Å²) < 4.78 is 4.41. The first-order valence-corrected chi connectivity index (χ1v) is 13.8. The fourth-order valence-electron chi connectivity index (χ4n) is 5.45. The standard InChI is InChI=1S/C30H26BrN5O3/c31-23-12-15-27-26(16-23)30(37)35(29(33-27)21-6-2-1-3-7-21)32-17-22-19-34(28-9-5-4-8-25(22)28)18-20-10-13-24(14-11-20)36(38)39/h4-5,8-17,19,21H,1-3,6-7,18H2. The lowest BCUT2D eigenvalue weighted by molar-refractivity contribution is -0.384. The summed E-state index contributed by atoms with van der Waals surface area (Å²) in [4.78, 5) is 29.3. The van der Waals surface area contributed by atoms with Crippen LogP contribution in [0.15, 0.2) is 87.3 Å². The fraction of sp³-hybridized carbons (Fsp3) is 0.233. The number of rotatable bonds is 6. The van der Waals surface area contributed by atoms with Gasteiger partial charge in [0, 0.05) is 51.7 Å². The number of hydrogen-bond donors (Lipinski definition) is 0. The Balaban J connectivity index is 1.42. The van der Waals surface area contributed by atoms with Gasteiger partial charge in [-0.2, -0.15) is 9.78 Å². The molecule has 0 atom stereocenters. The number of non-ortho nitro benzene ring substituents is 1. The molecule has 6 rings (SSSR count). The summed E-state index contributed by atoms with van der Waals surface area (Å²) in [5.41, 5.74) is 3.42. The van der Waals surface area contributed by atoms with Crippen LogP contribution in [0.3, 0.4) is 0 Å². The number of hydrogen-bond acceptors (Lipinski definition) is 5. The van der Waals surface area contributed by atoms with Crippen molar-refractivity contribution in [1.82, 2.24) is 14.2 Å². The van der Waals surface area contributed by atoms with E-state index in [1.54, 1.807) is 24.4 Å². The average molecular weight is 584 g/mol. The third-order valence-electron chi connectivity index (χ3n) is 7.44. The van der Waals surface area contributed by atoms with E-state index in [1.165, 1.54) is 23.2 Å². The maximum absolute atomic E-state index is 13.7. The third kappa shape index (κ3) is 5.02. The predicted molar refractivity (Wildman–Crippen MR) is 157 cm³/mol. The number of nitro groups is 1. The van der Waals surface area contributed by atoms with Crippen molar-refractivity contribution < 1.29 is 4.92 Å². The van der Waals surface area contributed by atoms with Crippen LogP contribution < -0.4 is 5.56 Å². The van der Waals surface area contributed by atoms with Crippen LogP contribution in [0.5, 0.6) is 0 Å². The lowest BCUT2D eigenvalue weighted by Gasteiger charge is -2.22. The van der Waals surface area contributed by atoms with Crippen LogP contribution in [-0.2, 0) is 6.54 Å². The molecule has 196 valence electrons. The van der Waals surface area contributed by atoms with Crippen molar-refractivity contribution in [2.75, 3.05) is 0 Å². The lowest BCUT2D eigenvalue weighted by atomic mass is 9.88. The van der Waals surface area contributed by atoms with Gasteiger partial charge in [-0.25, -0.2) is 4.98 Å². The Labute approximate surface area is 232 Å². The van der Waals surface area contributed by atoms with E-state index in [4.69, 9.17) is 10.1 Å². The first-order chi connectivity index (χ1) is 19.0. The summed E-state index contributed by atoms with van der Waals surface area (Å²) in [7, 11) is 0. The Morgan fingerprint density at radius 3 is 2.56 bits per heavy atom. The molecule has 0 aliphatic heterocycles. The topological polar surface area (TPSA) is 95.3 Å². The second kappa shape index (κ2) is 10.6. The molecule has 0 saturated heterocycles. The maximum Gasteiger partial charge on any atom is 0.282 e. The summed E-state index contributed by atoms with van der Waals surface area (Å²) in [6, 6.07) is 20.2. The number of nitro benzene ring substituents is 1. The van der Waals surface area contributed by atoms with Crippen molar-refractivity contribution in [3.63, 3.8) is 0 Å². The van der Waals surface area contributed by atoms with Crippen LogP contribution in [0.1, 0.15) is 55.0 Å². The zero-order valence-corrected chi connectivity index (χ0v) is 22.8. The second-order valence-corrected chi connectivity index (χ2v) is 10.9. The number of fused-ring (bicyclic) bond motifs is 2. The molecule has 2 aromatic heterocycles. The molecule has 3 aromatic carbocycles. The van der Waals surface area contributed by atoms with Gasteiger partial charge in [-0.1, -0.05) is 65.5 Å². The van der Waals surface area contributed by atoms with E-state index in [2.05, 4.69) is 20.5 Å². The number of benzene rings is 3. The van der Waals surface area contributed by atoms with E-state index in [0.29, 0.717) is 17.4 Å². The molecule has 39 heavy (non-hydrogen) atoms. The summed E-state index contributed by atoms with van der Waals surface area (Å²) in [6.07, 6.45) is 9.20. The largest absolute Gasteiger partial charge is 0.342 e. The molecule has 9 heteroatoms. The van der Waals surface area contributed by atoms with Gasteiger partial charge in [-0.15, -0.1) is 0 Å². The van der Waals surface area contributed by atoms with E-state index in [9.17, 15) is 14.9 Å². The predicted octanol–water partition coefficient (Wildman–Crippen LogP) is 7.00. The highest BCUT2D eigenvalue weighted by atomic mass is 79.9. The number of halogens is 1. The van der Waals surface area contributed by atoms with E-state index < -0.39 is 4.92 Å². The Kier molecular flexibility index (Phi) is 6.83. The molecule has 5 aromatic rings. The highest BCUT2D eigenvalue weighted by Gasteiger charge is 2.22. The first-order valence-electron chi connectivity index (χ1n) is 13.1. The van der Waals surface area contributed by atoms with Gasteiger partial charge in [-0.05, 0) is 42.7 Å². The van der Waals surface area contributed by atoms with E-state index in [1.807, 2.05) is 42.6 Å². The van der Waals surface area contributed by atoms with Crippen LogP contribution in [0.25, 0.3) is 21.8 Å². The summed E-state index contributed by atoms with van der Waals surface area (Å²) in [5, 5.41) is 17.3. The minimum absolute atomic E-state index is 0.0687. The summed E-state index contributed by atoms with van der Waals surface area (Å²) >= 11 is 3.48. The highest BCUT2D eigenvalue weighted by Crippen LogP contribution is 2.32. The van der Waals surface area contributed by atoms with E-state index in [-0.39, 0.29) is 17.2 Å². The van der Waals surface area contributed by atoms with E-state index in [0.717, 1.165) is 58.0 Å². The molecule has 1 fully saturated rings. The molecule has 0 bridgehead atoms. The Morgan fingerprint density at radius 2 is 1.79 bits per heavy atom. The van der Waals surface area contributed by atoms with Gasteiger partial charge in [0.05, 0.1) is 22.0 Å². The van der Waals surface area contributed by atoms with Gasteiger partial charge >= 0.3 is 0 Å². The summed E-state index contributed by atoms with van der Waals surface area (Å²) in [5.74, 6) is 0.917. The van der Waals surface area contributed by atoms with Crippen LogP contribution >= 0.6 is 15.9 Å². The second-order valence-electron chi connectivity index (χ2n) is 9.98. The molecule has 0 spiro atoms. The van der Waals surface area contributed by atoms with Crippen LogP contribution in [0.2, 0.25) is 0 Å². The molecule has 1 aliphatic carbocycles. The molecule has 0 N–H and O–H groups in total. The van der Waals surface area contributed by atoms with Crippen molar-refractivity contribution in [3.05, 3.63) is 115 Å². The third-order valence-corrected chi connectivity index (χ3v) is 7.93. The average Bonchev–Trinajstić information content (AvgIpc) is 3.30. The van der Waals surface area contributed by atoms with Crippen molar-refractivity contribution >= 4 is 49.6 Å². The summed E-state index contributed by atoms with van der Waals surface area (Å²) in [6.45, 7) is 0.547. The number of aromatic nitrogens is 3. The Hall–Kier alpha value is -4.11. The van der Waals surface area contributed by atoms with E-state index >= 15 is 0 Å². The van der Waals surface area contributed by atoms with Gasteiger partial charge in [0.15, 0.2) is 0 Å². The normalized spacial score (nSPS) is 14.5. The van der Waals surface area contributed by atoms with Gasteiger partial charge in [-0.3, -0.25) is 14.9 Å². The molecule has 1 saturated carbocycles. The molecule has 0 amide bonds. The van der Waals surface area contributed by atoms with Gasteiger partial charge in [0.1, 0.15) is 5.82 Å². The minimum atomic E-state index is -0.396. The van der Waals surface area contributed by atoms with Crippen LogP contribution in [-0.4, -0.2) is 25.4 Å². The monoisotopic (exact) mass is 583 g/mol. The molecular formula is C30H26BrN5O3. The SMILES string of the molecule is O=c1c2cc(Br)ccc2nc(C2CCCCC2)n1N=Cc1cn(Cc2ccc([N+](=O)[O-])cc2)c2ccccc12. The maximum atomic E-state index is 13.7. The zero-order valence-electron chi connectivity index (χ0n) is 21.2. The molecule has 0 unspecified atom stereocenters. The van der Waals surface area contributed by atoms with Crippen LogP contribution in [0.4, 0.5) is 5.69 Å². The minimum Gasteiger partial charge on any atom is -0.342 e. The lowest BCUT2D eigenvalue weighted by Crippen LogP contribution is -2.25. The van der Waals surface area contributed by atoms with Gasteiger partial charge < -0.3 is 4.57 Å². The first kappa shape index (κ1) is 25.2. The molecular weight excluding hydrogens is 558 g/mol. The van der Waals surface area contributed by atoms with Crippen LogP contribution in [0, 0.1) is 10.1 Å². The van der Waals surface area contributed by atoms with Crippen molar-refractivity contribution in [2.45, 2.75) is 44.6 Å². The van der Waals surface area contributed by atoms with Gasteiger partial charge in [0.2, 0.25) is 0 Å². The van der Waals surface area contributed by atoms with Crippen molar-refractivity contribution in [2.24, 2.45) is 5.10 Å². The molecule has 0 radical (unpaired) electrons. The zero-order chi connectivity index (χ0) is 26.9. The Bertz CT molecular complexity index is 1780. The molecule has 1 aliphatic rings. The molecule has 8 nitrogen and oxygen atoms in total. The van der Waals surface area contributed by atoms with Gasteiger partial charge in [0.25, 0.3) is 11.2 Å². The molecule has 2 heterocycles. The highest BCUT2D eigenvalue weighted by molar-refractivity contribution is 9.10. The fourth-order valence-corrected chi connectivity index (χ4v) is 5.81. The number of nitrogens with zero attached hydrogens (tertiary/aromatic N) is 5.